The lowest BCUT2D eigenvalue weighted by atomic mass is 10.1. The molecule has 28 heavy (non-hydrogen) atoms. The van der Waals surface area contributed by atoms with Crippen molar-refractivity contribution in [3.05, 3.63) is 70.9 Å². The van der Waals surface area contributed by atoms with Crippen LogP contribution < -0.4 is 0 Å². The predicted octanol–water partition coefficient (Wildman–Crippen LogP) is 3.82. The molecule has 1 fully saturated rings. The second-order valence-corrected chi connectivity index (χ2v) is 7.24. The zero-order valence-corrected chi connectivity index (χ0v) is 15.8. The van der Waals surface area contributed by atoms with Crippen molar-refractivity contribution in [3.8, 4) is 0 Å². The average Bonchev–Trinajstić information content (AvgIpc) is 3.16. The molecular formula is C21H19ClFN3O2. The molecule has 3 aromatic rings. The van der Waals surface area contributed by atoms with Crippen molar-refractivity contribution in [3.63, 3.8) is 0 Å². The van der Waals surface area contributed by atoms with E-state index < -0.39 is 12.1 Å². The summed E-state index contributed by atoms with van der Waals surface area (Å²) in [6.45, 7) is 1.35. The lowest BCUT2D eigenvalue weighted by molar-refractivity contribution is -0.138. The summed E-state index contributed by atoms with van der Waals surface area (Å²) in [6.07, 6.45) is -1.68. The first-order valence-electron chi connectivity index (χ1n) is 9.08. The van der Waals surface area contributed by atoms with Gasteiger partial charge in [0.05, 0.1) is 0 Å². The number of hydrogen-bond acceptors (Lipinski definition) is 2. The van der Waals surface area contributed by atoms with Crippen LogP contribution in [-0.2, 0) is 4.79 Å². The zero-order valence-electron chi connectivity index (χ0n) is 15.1. The number of nitrogens with one attached hydrogen (secondary N) is 1. The Kier molecular flexibility index (Phi) is 5.05. The van der Waals surface area contributed by atoms with Gasteiger partial charge in [0.1, 0.15) is 5.69 Å². The van der Waals surface area contributed by atoms with Crippen molar-refractivity contribution in [1.82, 2.24) is 14.8 Å². The Bertz CT molecular complexity index is 1010. The van der Waals surface area contributed by atoms with E-state index in [1.54, 1.807) is 53.4 Å². The number of carbonyl (C=O) groups is 2. The zero-order chi connectivity index (χ0) is 19.7. The van der Waals surface area contributed by atoms with Crippen LogP contribution in [-0.4, -0.2) is 52.8 Å². The fraction of sp³-hybridized carbons (Fsp3) is 0.238. The number of fused-ring (bicyclic) bond motifs is 1. The molecule has 0 radical (unpaired) electrons. The largest absolute Gasteiger partial charge is 0.351 e. The van der Waals surface area contributed by atoms with Crippen LogP contribution in [0.5, 0.6) is 0 Å². The first kappa shape index (κ1) is 18.5. The molecule has 1 N–H and O–H groups in total. The number of aromatic nitrogens is 1. The summed E-state index contributed by atoms with van der Waals surface area (Å²) in [7, 11) is 0. The molecule has 4 rings (SSSR count). The van der Waals surface area contributed by atoms with E-state index >= 15 is 0 Å². The Labute approximate surface area is 166 Å². The third kappa shape index (κ3) is 3.60. The van der Waals surface area contributed by atoms with Gasteiger partial charge in [-0.25, -0.2) is 4.39 Å². The maximum Gasteiger partial charge on any atom is 0.270 e. The Morgan fingerprint density at radius 3 is 2.36 bits per heavy atom. The molecule has 144 valence electrons. The van der Waals surface area contributed by atoms with E-state index in [1.807, 2.05) is 6.07 Å². The highest BCUT2D eigenvalue weighted by Gasteiger charge is 2.30. The van der Waals surface area contributed by atoms with E-state index in [2.05, 4.69) is 4.98 Å². The van der Waals surface area contributed by atoms with Gasteiger partial charge >= 0.3 is 0 Å². The van der Waals surface area contributed by atoms with E-state index in [4.69, 9.17) is 11.6 Å². The van der Waals surface area contributed by atoms with Crippen LogP contribution in [0.4, 0.5) is 4.39 Å². The number of benzene rings is 2. The van der Waals surface area contributed by atoms with Crippen LogP contribution in [0.1, 0.15) is 22.2 Å². The van der Waals surface area contributed by atoms with E-state index in [1.165, 1.54) is 4.90 Å². The van der Waals surface area contributed by atoms with Gasteiger partial charge in [-0.1, -0.05) is 41.9 Å². The van der Waals surface area contributed by atoms with Crippen molar-refractivity contribution in [1.29, 1.82) is 0 Å². The topological polar surface area (TPSA) is 56.4 Å². The third-order valence-corrected chi connectivity index (χ3v) is 5.24. The van der Waals surface area contributed by atoms with Crippen molar-refractivity contribution in [2.75, 3.05) is 26.2 Å². The predicted molar refractivity (Wildman–Crippen MR) is 106 cm³/mol. The van der Waals surface area contributed by atoms with Gasteiger partial charge in [-0.2, -0.15) is 0 Å². The fourth-order valence-corrected chi connectivity index (χ4v) is 3.62. The molecule has 1 unspecified atom stereocenters. The second kappa shape index (κ2) is 7.64. The molecule has 1 aromatic heterocycles. The van der Waals surface area contributed by atoms with Crippen molar-refractivity contribution >= 4 is 34.3 Å². The summed E-state index contributed by atoms with van der Waals surface area (Å²) < 4.78 is 14.5. The van der Waals surface area contributed by atoms with Crippen molar-refractivity contribution < 1.29 is 14.0 Å². The Morgan fingerprint density at radius 2 is 1.64 bits per heavy atom. The summed E-state index contributed by atoms with van der Waals surface area (Å²) in [6, 6.07) is 15.6. The lowest BCUT2D eigenvalue weighted by Crippen LogP contribution is -2.51. The van der Waals surface area contributed by atoms with Gasteiger partial charge in [-0.3, -0.25) is 9.59 Å². The van der Waals surface area contributed by atoms with Gasteiger partial charge in [0.25, 0.3) is 11.8 Å². The molecule has 0 saturated carbocycles. The van der Waals surface area contributed by atoms with Gasteiger partial charge < -0.3 is 14.8 Å². The summed E-state index contributed by atoms with van der Waals surface area (Å²) in [5.41, 5.74) is 1.66. The molecule has 5 nitrogen and oxygen atoms in total. The minimum absolute atomic E-state index is 0.140. The molecule has 0 spiro atoms. The molecule has 2 amide bonds. The van der Waals surface area contributed by atoms with Crippen molar-refractivity contribution in [2.45, 2.75) is 6.17 Å². The fourth-order valence-electron chi connectivity index (χ4n) is 3.44. The summed E-state index contributed by atoms with van der Waals surface area (Å²) in [5, 5.41) is 1.48. The van der Waals surface area contributed by atoms with Crippen LogP contribution >= 0.6 is 11.6 Å². The lowest BCUT2D eigenvalue weighted by Gasteiger charge is -2.35. The van der Waals surface area contributed by atoms with Gasteiger partial charge in [0.2, 0.25) is 6.17 Å². The maximum atomic E-state index is 14.5. The maximum absolute atomic E-state index is 14.5. The van der Waals surface area contributed by atoms with Gasteiger partial charge in [0.15, 0.2) is 0 Å². The molecule has 1 aliphatic rings. The molecule has 2 heterocycles. The van der Waals surface area contributed by atoms with Crippen LogP contribution in [0.2, 0.25) is 5.02 Å². The number of amides is 2. The van der Waals surface area contributed by atoms with Gasteiger partial charge in [-0.15, -0.1) is 0 Å². The van der Waals surface area contributed by atoms with Crippen LogP contribution in [0.3, 0.4) is 0 Å². The van der Waals surface area contributed by atoms with Crippen LogP contribution in [0.15, 0.2) is 54.6 Å². The minimum atomic E-state index is -1.68. The quantitative estimate of drug-likeness (QED) is 0.728. The molecule has 0 bridgehead atoms. The normalized spacial score (nSPS) is 15.6. The minimum Gasteiger partial charge on any atom is -0.351 e. The number of hydrogen-bond donors (Lipinski definition) is 1. The standard InChI is InChI=1S/C21H19ClFN3O2/c22-16-6-7-17-15(12-16)13-18(24-17)20(27)25-8-10-26(11-9-25)21(28)19(23)14-4-2-1-3-5-14/h1-7,12-13,19,24H,8-11H2. The van der Waals surface area contributed by atoms with Crippen molar-refractivity contribution in [2.24, 2.45) is 0 Å². The second-order valence-electron chi connectivity index (χ2n) is 6.81. The number of rotatable bonds is 3. The number of alkyl halides is 1. The molecule has 7 heteroatoms. The number of aromatic amines is 1. The highest BCUT2D eigenvalue weighted by atomic mass is 35.5. The number of H-pyrrole nitrogens is 1. The van der Waals surface area contributed by atoms with E-state index in [-0.39, 0.29) is 5.91 Å². The van der Waals surface area contributed by atoms with Crippen LogP contribution in [0, 0.1) is 0 Å². The summed E-state index contributed by atoms with van der Waals surface area (Å²) in [4.78, 5) is 31.4. The number of nitrogens with zero attached hydrogens (tertiary/aromatic N) is 2. The van der Waals surface area contributed by atoms with E-state index in [9.17, 15) is 14.0 Å². The molecule has 1 aliphatic heterocycles. The van der Waals surface area contributed by atoms with E-state index in [0.29, 0.717) is 42.5 Å². The highest BCUT2D eigenvalue weighted by Crippen LogP contribution is 2.23. The summed E-state index contributed by atoms with van der Waals surface area (Å²) in [5.74, 6) is -0.696. The summed E-state index contributed by atoms with van der Waals surface area (Å²) >= 11 is 5.99. The monoisotopic (exact) mass is 399 g/mol. The number of piperazine rings is 1. The van der Waals surface area contributed by atoms with Gasteiger partial charge in [-0.05, 0) is 29.8 Å². The average molecular weight is 400 g/mol. The third-order valence-electron chi connectivity index (χ3n) is 5.00. The SMILES string of the molecule is O=C(c1cc2cc(Cl)ccc2[nH]1)N1CCN(C(=O)C(F)c2ccccc2)CC1. The highest BCUT2D eigenvalue weighted by molar-refractivity contribution is 6.31. The smallest absolute Gasteiger partial charge is 0.270 e. The first-order chi connectivity index (χ1) is 13.5. The molecular weight excluding hydrogens is 381 g/mol. The molecule has 2 aromatic carbocycles. The number of carbonyl (C=O) groups excluding carboxylic acids is 2. The van der Waals surface area contributed by atoms with Crippen LogP contribution in [0.25, 0.3) is 10.9 Å². The Hall–Kier alpha value is -2.86. The Morgan fingerprint density at radius 1 is 0.964 bits per heavy atom. The first-order valence-corrected chi connectivity index (χ1v) is 9.46. The molecule has 1 saturated heterocycles. The molecule has 1 atom stereocenters. The Balaban J connectivity index is 1.40. The molecule has 0 aliphatic carbocycles. The number of halogens is 2. The van der Waals surface area contributed by atoms with Gasteiger partial charge in [0, 0.05) is 42.1 Å². The van der Waals surface area contributed by atoms with E-state index in [0.717, 1.165) is 10.9 Å².